The number of fused-ring (bicyclic) bond motifs is 1. The number of carbonyl (C=O) groups is 1. The number of aromatic nitrogens is 3. The van der Waals surface area contributed by atoms with Crippen molar-refractivity contribution >= 4 is 23.1 Å². The van der Waals surface area contributed by atoms with Crippen molar-refractivity contribution in [2.75, 3.05) is 30.9 Å². The highest BCUT2D eigenvalue weighted by Gasteiger charge is 2.08. The van der Waals surface area contributed by atoms with Crippen molar-refractivity contribution in [3.63, 3.8) is 0 Å². The zero-order chi connectivity index (χ0) is 18.5. The Labute approximate surface area is 153 Å². The highest BCUT2D eigenvalue weighted by molar-refractivity contribution is 5.76. The molecule has 0 saturated heterocycles. The van der Waals surface area contributed by atoms with E-state index in [-0.39, 0.29) is 5.91 Å². The van der Waals surface area contributed by atoms with Crippen LogP contribution in [0.25, 0.3) is 5.65 Å². The van der Waals surface area contributed by atoms with Crippen LogP contribution in [0.1, 0.15) is 17.7 Å². The van der Waals surface area contributed by atoms with Gasteiger partial charge in [0.15, 0.2) is 5.65 Å². The number of hydrogen-bond donors (Lipinski definition) is 2. The highest BCUT2D eigenvalue weighted by atomic mass is 16.1. The Hall–Kier alpha value is -3.09. The predicted molar refractivity (Wildman–Crippen MR) is 103 cm³/mol. The summed E-state index contributed by atoms with van der Waals surface area (Å²) in [5, 5.41) is 6.25. The summed E-state index contributed by atoms with van der Waals surface area (Å²) >= 11 is 0. The van der Waals surface area contributed by atoms with Gasteiger partial charge < -0.3 is 15.5 Å². The van der Waals surface area contributed by atoms with Crippen molar-refractivity contribution in [1.82, 2.24) is 19.7 Å². The molecule has 0 bridgehead atoms. The molecule has 0 radical (unpaired) electrons. The first-order chi connectivity index (χ1) is 12.5. The zero-order valence-corrected chi connectivity index (χ0v) is 15.4. The van der Waals surface area contributed by atoms with Crippen molar-refractivity contribution < 1.29 is 4.79 Å². The SMILES string of the molecule is Cc1nc2cnccn2c1NCCC(=O)NCc1ccc(N(C)C)cc1. The largest absolute Gasteiger partial charge is 0.378 e. The van der Waals surface area contributed by atoms with Crippen molar-refractivity contribution in [3.05, 3.63) is 54.1 Å². The van der Waals surface area contributed by atoms with Gasteiger partial charge >= 0.3 is 0 Å². The van der Waals surface area contributed by atoms with E-state index < -0.39 is 0 Å². The number of benzene rings is 1. The van der Waals surface area contributed by atoms with E-state index in [1.165, 1.54) is 0 Å². The van der Waals surface area contributed by atoms with Crippen molar-refractivity contribution in [2.45, 2.75) is 19.9 Å². The first-order valence-electron chi connectivity index (χ1n) is 8.60. The molecule has 7 nitrogen and oxygen atoms in total. The molecule has 3 aromatic rings. The monoisotopic (exact) mass is 352 g/mol. The summed E-state index contributed by atoms with van der Waals surface area (Å²) in [7, 11) is 4.01. The van der Waals surface area contributed by atoms with Crippen LogP contribution in [0.2, 0.25) is 0 Å². The van der Waals surface area contributed by atoms with Crippen LogP contribution in [0, 0.1) is 6.92 Å². The lowest BCUT2D eigenvalue weighted by molar-refractivity contribution is -0.121. The second-order valence-corrected chi connectivity index (χ2v) is 6.36. The third-order valence-electron chi connectivity index (χ3n) is 4.19. The van der Waals surface area contributed by atoms with Gasteiger partial charge in [0.1, 0.15) is 5.82 Å². The Morgan fingerprint density at radius 3 is 2.73 bits per heavy atom. The summed E-state index contributed by atoms with van der Waals surface area (Å²) in [6, 6.07) is 8.16. The Kier molecular flexibility index (Phi) is 5.36. The van der Waals surface area contributed by atoms with Gasteiger partial charge in [0, 0.05) is 51.7 Å². The molecule has 1 aromatic carbocycles. The Bertz CT molecular complexity index is 885. The minimum atomic E-state index is 0.0160. The molecule has 0 atom stereocenters. The van der Waals surface area contributed by atoms with E-state index in [4.69, 9.17) is 0 Å². The molecular formula is C19H24N6O. The van der Waals surface area contributed by atoms with E-state index in [9.17, 15) is 4.79 Å². The van der Waals surface area contributed by atoms with Gasteiger partial charge in [0.25, 0.3) is 0 Å². The molecule has 2 N–H and O–H groups in total. The smallest absolute Gasteiger partial charge is 0.222 e. The molecule has 0 saturated carbocycles. The van der Waals surface area contributed by atoms with E-state index in [0.717, 1.165) is 28.4 Å². The lowest BCUT2D eigenvalue weighted by Crippen LogP contribution is -2.25. The van der Waals surface area contributed by atoms with Gasteiger partial charge in [-0.05, 0) is 24.6 Å². The van der Waals surface area contributed by atoms with Gasteiger partial charge in [0.05, 0.1) is 11.9 Å². The van der Waals surface area contributed by atoms with E-state index >= 15 is 0 Å². The van der Waals surface area contributed by atoms with Crippen LogP contribution in [-0.4, -0.2) is 40.9 Å². The number of anilines is 2. The average Bonchev–Trinajstić information content (AvgIpc) is 2.96. The van der Waals surface area contributed by atoms with Crippen LogP contribution in [0.4, 0.5) is 11.5 Å². The fourth-order valence-corrected chi connectivity index (χ4v) is 2.73. The second-order valence-electron chi connectivity index (χ2n) is 6.36. The quantitative estimate of drug-likeness (QED) is 0.682. The predicted octanol–water partition coefficient (Wildman–Crippen LogP) is 2.22. The summed E-state index contributed by atoms with van der Waals surface area (Å²) in [5.41, 5.74) is 3.91. The number of carbonyl (C=O) groups excluding carboxylic acids is 1. The molecule has 0 spiro atoms. The standard InChI is InChI=1S/C19H24N6O/c1-14-19(25-11-10-20-13-17(25)23-14)21-9-8-18(26)22-12-15-4-6-16(7-5-15)24(2)3/h4-7,10-11,13,21H,8-9,12H2,1-3H3,(H,22,26). The van der Waals surface area contributed by atoms with Gasteiger partial charge in [-0.15, -0.1) is 0 Å². The van der Waals surface area contributed by atoms with E-state index in [2.05, 4.69) is 20.6 Å². The first-order valence-corrected chi connectivity index (χ1v) is 8.60. The number of hydrogen-bond acceptors (Lipinski definition) is 5. The minimum Gasteiger partial charge on any atom is -0.378 e. The maximum Gasteiger partial charge on any atom is 0.222 e. The minimum absolute atomic E-state index is 0.0160. The molecule has 0 aliphatic rings. The molecule has 3 rings (SSSR count). The second kappa shape index (κ2) is 7.86. The number of amides is 1. The summed E-state index contributed by atoms with van der Waals surface area (Å²) in [5.74, 6) is 0.914. The Balaban J connectivity index is 1.47. The van der Waals surface area contributed by atoms with Crippen LogP contribution in [0.5, 0.6) is 0 Å². The van der Waals surface area contributed by atoms with Gasteiger partial charge in [0.2, 0.25) is 5.91 Å². The molecule has 0 aliphatic heterocycles. The third-order valence-corrected chi connectivity index (χ3v) is 4.19. The van der Waals surface area contributed by atoms with Gasteiger partial charge in [-0.3, -0.25) is 14.2 Å². The Morgan fingerprint density at radius 1 is 1.23 bits per heavy atom. The molecule has 136 valence electrons. The highest BCUT2D eigenvalue weighted by Crippen LogP contribution is 2.16. The molecule has 26 heavy (non-hydrogen) atoms. The summed E-state index contributed by atoms with van der Waals surface area (Å²) in [6.45, 7) is 3.02. The fourth-order valence-electron chi connectivity index (χ4n) is 2.73. The summed E-state index contributed by atoms with van der Waals surface area (Å²) in [4.78, 5) is 22.6. The molecule has 0 aliphatic carbocycles. The van der Waals surface area contributed by atoms with E-state index in [1.54, 1.807) is 12.4 Å². The number of aryl methyl sites for hydroxylation is 1. The molecular weight excluding hydrogens is 328 g/mol. The van der Waals surface area contributed by atoms with E-state index in [1.807, 2.05) is 60.8 Å². The number of imidazole rings is 1. The van der Waals surface area contributed by atoms with Crippen LogP contribution in [0.15, 0.2) is 42.9 Å². The maximum absolute atomic E-state index is 12.1. The molecule has 7 heteroatoms. The normalized spacial score (nSPS) is 10.7. The van der Waals surface area contributed by atoms with Crippen LogP contribution >= 0.6 is 0 Å². The molecule has 2 heterocycles. The maximum atomic E-state index is 12.1. The van der Waals surface area contributed by atoms with Crippen molar-refractivity contribution in [2.24, 2.45) is 0 Å². The van der Waals surface area contributed by atoms with Crippen LogP contribution < -0.4 is 15.5 Å². The van der Waals surface area contributed by atoms with Gasteiger partial charge in [-0.25, -0.2) is 4.98 Å². The average molecular weight is 352 g/mol. The number of rotatable bonds is 7. The molecule has 0 unspecified atom stereocenters. The first kappa shape index (κ1) is 17.7. The van der Waals surface area contributed by atoms with Gasteiger partial charge in [-0.1, -0.05) is 12.1 Å². The zero-order valence-electron chi connectivity index (χ0n) is 15.4. The summed E-state index contributed by atoms with van der Waals surface area (Å²) < 4.78 is 1.94. The van der Waals surface area contributed by atoms with Crippen molar-refractivity contribution in [1.29, 1.82) is 0 Å². The molecule has 1 amide bonds. The lowest BCUT2D eigenvalue weighted by Gasteiger charge is -2.13. The third kappa shape index (κ3) is 4.11. The number of nitrogens with one attached hydrogen (secondary N) is 2. The van der Waals surface area contributed by atoms with Crippen molar-refractivity contribution in [3.8, 4) is 0 Å². The molecule has 0 fully saturated rings. The topological polar surface area (TPSA) is 74.6 Å². The van der Waals surface area contributed by atoms with Crippen LogP contribution in [-0.2, 0) is 11.3 Å². The lowest BCUT2D eigenvalue weighted by atomic mass is 10.2. The molecule has 2 aromatic heterocycles. The van der Waals surface area contributed by atoms with Gasteiger partial charge in [-0.2, -0.15) is 0 Å². The van der Waals surface area contributed by atoms with E-state index in [0.29, 0.717) is 19.5 Å². The summed E-state index contributed by atoms with van der Waals surface area (Å²) in [6.07, 6.45) is 5.68. The number of nitrogens with zero attached hydrogens (tertiary/aromatic N) is 4. The van der Waals surface area contributed by atoms with Crippen LogP contribution in [0.3, 0.4) is 0 Å². The Morgan fingerprint density at radius 2 is 2.00 bits per heavy atom. The fraction of sp³-hybridized carbons (Fsp3) is 0.316.